The molecule has 0 aliphatic carbocycles. The van der Waals surface area contributed by atoms with Gasteiger partial charge in [0.15, 0.2) is 0 Å². The molecule has 7 heteroatoms. The normalized spacial score (nSPS) is 16.4. The van der Waals surface area contributed by atoms with Gasteiger partial charge in [0, 0.05) is 31.1 Å². The Labute approximate surface area is 150 Å². The standard InChI is InChI=1S/C18H22FN3O2S/c19-15-5-3-14(4-6-15)12-20-18(23)21-13-16(17-2-1-11-25-17)22-7-9-24-10-8-22/h1-6,11,16H,7-10,12-13H2,(H2,20,21,23). The molecule has 3 rings (SSSR count). The second kappa shape index (κ2) is 8.94. The van der Waals surface area contributed by atoms with E-state index < -0.39 is 0 Å². The molecule has 2 amide bonds. The highest BCUT2D eigenvalue weighted by molar-refractivity contribution is 7.10. The molecule has 1 aliphatic rings. The van der Waals surface area contributed by atoms with E-state index in [4.69, 9.17) is 4.74 Å². The first-order chi connectivity index (χ1) is 12.2. The molecule has 1 fully saturated rings. The van der Waals surface area contributed by atoms with Crippen LogP contribution in [0.25, 0.3) is 0 Å². The van der Waals surface area contributed by atoms with Gasteiger partial charge >= 0.3 is 6.03 Å². The molecule has 2 aromatic rings. The number of hydrogen-bond donors (Lipinski definition) is 2. The van der Waals surface area contributed by atoms with Crippen LogP contribution in [0.1, 0.15) is 16.5 Å². The average Bonchev–Trinajstić information content (AvgIpc) is 3.17. The van der Waals surface area contributed by atoms with Gasteiger partial charge in [0.2, 0.25) is 0 Å². The molecule has 134 valence electrons. The number of urea groups is 1. The minimum atomic E-state index is -0.280. The summed E-state index contributed by atoms with van der Waals surface area (Å²) < 4.78 is 18.3. The lowest BCUT2D eigenvalue weighted by Gasteiger charge is -2.34. The van der Waals surface area contributed by atoms with Crippen molar-refractivity contribution in [2.45, 2.75) is 12.6 Å². The summed E-state index contributed by atoms with van der Waals surface area (Å²) >= 11 is 1.70. The molecular formula is C18H22FN3O2S. The van der Waals surface area contributed by atoms with Gasteiger partial charge < -0.3 is 15.4 Å². The number of nitrogens with zero attached hydrogens (tertiary/aromatic N) is 1. The van der Waals surface area contributed by atoms with E-state index in [9.17, 15) is 9.18 Å². The van der Waals surface area contributed by atoms with Crippen LogP contribution < -0.4 is 10.6 Å². The van der Waals surface area contributed by atoms with Crippen LogP contribution in [0, 0.1) is 5.82 Å². The van der Waals surface area contributed by atoms with Crippen LogP contribution in [0.5, 0.6) is 0 Å². The summed E-state index contributed by atoms with van der Waals surface area (Å²) in [4.78, 5) is 15.7. The number of amides is 2. The third-order valence-electron chi connectivity index (χ3n) is 4.18. The van der Waals surface area contributed by atoms with Gasteiger partial charge in [-0.3, -0.25) is 4.90 Å². The van der Waals surface area contributed by atoms with Crippen molar-refractivity contribution in [1.29, 1.82) is 0 Å². The highest BCUT2D eigenvalue weighted by atomic mass is 32.1. The predicted molar refractivity (Wildman–Crippen MR) is 96.1 cm³/mol. The fraction of sp³-hybridized carbons (Fsp3) is 0.389. The summed E-state index contributed by atoms with van der Waals surface area (Å²) in [5, 5.41) is 7.81. The molecular weight excluding hydrogens is 341 g/mol. The Hall–Kier alpha value is -1.96. The largest absolute Gasteiger partial charge is 0.379 e. The zero-order chi connectivity index (χ0) is 17.5. The third kappa shape index (κ3) is 5.26. The van der Waals surface area contributed by atoms with Crippen LogP contribution in [0.3, 0.4) is 0 Å². The second-order valence-electron chi connectivity index (χ2n) is 5.87. The highest BCUT2D eigenvalue weighted by Crippen LogP contribution is 2.25. The van der Waals surface area contributed by atoms with E-state index in [1.165, 1.54) is 17.0 Å². The molecule has 1 saturated heterocycles. The highest BCUT2D eigenvalue weighted by Gasteiger charge is 2.23. The van der Waals surface area contributed by atoms with Crippen LogP contribution in [0.2, 0.25) is 0 Å². The van der Waals surface area contributed by atoms with Gasteiger partial charge in [-0.1, -0.05) is 18.2 Å². The van der Waals surface area contributed by atoms with E-state index >= 15 is 0 Å². The van der Waals surface area contributed by atoms with Crippen molar-refractivity contribution < 1.29 is 13.9 Å². The molecule has 1 unspecified atom stereocenters. The number of ether oxygens (including phenoxy) is 1. The minimum Gasteiger partial charge on any atom is -0.379 e. The summed E-state index contributed by atoms with van der Waals surface area (Å²) in [6.07, 6.45) is 0. The zero-order valence-corrected chi connectivity index (χ0v) is 14.7. The number of rotatable bonds is 6. The number of halogens is 1. The second-order valence-corrected chi connectivity index (χ2v) is 6.85. The van der Waals surface area contributed by atoms with Crippen LogP contribution in [0.15, 0.2) is 41.8 Å². The van der Waals surface area contributed by atoms with Gasteiger partial charge in [-0.15, -0.1) is 11.3 Å². The number of benzene rings is 1. The van der Waals surface area contributed by atoms with Gasteiger partial charge in [0.1, 0.15) is 5.82 Å². The van der Waals surface area contributed by atoms with Gasteiger partial charge in [-0.25, -0.2) is 9.18 Å². The predicted octanol–water partition coefficient (Wildman–Crippen LogP) is 2.76. The average molecular weight is 363 g/mol. The van der Waals surface area contributed by atoms with E-state index in [2.05, 4.69) is 27.0 Å². The lowest BCUT2D eigenvalue weighted by molar-refractivity contribution is 0.0174. The monoisotopic (exact) mass is 363 g/mol. The van der Waals surface area contributed by atoms with Crippen molar-refractivity contribution >= 4 is 17.4 Å². The summed E-state index contributed by atoms with van der Waals surface area (Å²) in [5.74, 6) is -0.280. The van der Waals surface area contributed by atoms with E-state index in [0.29, 0.717) is 13.1 Å². The Morgan fingerprint density at radius 3 is 2.64 bits per heavy atom. The Kier molecular flexibility index (Phi) is 6.38. The fourth-order valence-corrected chi connectivity index (χ4v) is 3.68. The summed E-state index contributed by atoms with van der Waals surface area (Å²) in [6.45, 7) is 4.07. The molecule has 0 bridgehead atoms. The van der Waals surface area contributed by atoms with Gasteiger partial charge in [0.05, 0.1) is 19.3 Å². The Bertz CT molecular complexity index is 657. The maximum atomic E-state index is 12.9. The van der Waals surface area contributed by atoms with Gasteiger partial charge in [-0.05, 0) is 29.1 Å². The number of carbonyl (C=O) groups excluding carboxylic acids is 1. The molecule has 0 spiro atoms. The molecule has 1 aliphatic heterocycles. The molecule has 2 N–H and O–H groups in total. The SMILES string of the molecule is O=C(NCc1ccc(F)cc1)NCC(c1cccs1)N1CCOCC1. The molecule has 25 heavy (non-hydrogen) atoms. The van der Waals surface area contributed by atoms with Crippen molar-refractivity contribution in [2.24, 2.45) is 0 Å². The maximum absolute atomic E-state index is 12.9. The van der Waals surface area contributed by atoms with E-state index in [0.717, 1.165) is 31.9 Å². The van der Waals surface area contributed by atoms with Crippen molar-refractivity contribution in [2.75, 3.05) is 32.8 Å². The van der Waals surface area contributed by atoms with Crippen LogP contribution >= 0.6 is 11.3 Å². The van der Waals surface area contributed by atoms with Crippen molar-refractivity contribution in [1.82, 2.24) is 15.5 Å². The number of nitrogens with one attached hydrogen (secondary N) is 2. The molecule has 0 radical (unpaired) electrons. The Morgan fingerprint density at radius 2 is 1.96 bits per heavy atom. The fourth-order valence-electron chi connectivity index (χ4n) is 2.82. The molecule has 2 heterocycles. The summed E-state index contributed by atoms with van der Waals surface area (Å²) in [5.41, 5.74) is 0.861. The van der Waals surface area contributed by atoms with Gasteiger partial charge in [0.25, 0.3) is 0 Å². The van der Waals surface area contributed by atoms with Crippen molar-refractivity contribution in [3.8, 4) is 0 Å². The maximum Gasteiger partial charge on any atom is 0.315 e. The van der Waals surface area contributed by atoms with Crippen LogP contribution in [-0.2, 0) is 11.3 Å². The topological polar surface area (TPSA) is 53.6 Å². The number of hydrogen-bond acceptors (Lipinski definition) is 4. The first-order valence-corrected chi connectivity index (χ1v) is 9.21. The zero-order valence-electron chi connectivity index (χ0n) is 13.9. The first kappa shape index (κ1) is 17.8. The molecule has 1 aromatic heterocycles. The summed E-state index contributed by atoms with van der Waals surface area (Å²) in [6, 6.07) is 10.2. The number of thiophene rings is 1. The van der Waals surface area contributed by atoms with E-state index in [1.54, 1.807) is 23.5 Å². The Balaban J connectivity index is 1.51. The third-order valence-corrected chi connectivity index (χ3v) is 5.15. The Morgan fingerprint density at radius 1 is 1.20 bits per heavy atom. The lowest BCUT2D eigenvalue weighted by Crippen LogP contribution is -2.45. The van der Waals surface area contributed by atoms with Gasteiger partial charge in [-0.2, -0.15) is 0 Å². The van der Waals surface area contributed by atoms with Crippen LogP contribution in [-0.4, -0.2) is 43.8 Å². The lowest BCUT2D eigenvalue weighted by atomic mass is 10.2. The molecule has 1 aromatic carbocycles. The van der Waals surface area contributed by atoms with E-state index in [-0.39, 0.29) is 17.9 Å². The van der Waals surface area contributed by atoms with Crippen molar-refractivity contribution in [3.05, 3.63) is 58.0 Å². The smallest absolute Gasteiger partial charge is 0.315 e. The number of morpholine rings is 1. The first-order valence-electron chi connectivity index (χ1n) is 8.34. The molecule has 1 atom stereocenters. The summed E-state index contributed by atoms with van der Waals surface area (Å²) in [7, 11) is 0. The van der Waals surface area contributed by atoms with E-state index in [1.807, 2.05) is 6.07 Å². The molecule has 5 nitrogen and oxygen atoms in total. The molecule has 0 saturated carbocycles. The quantitative estimate of drug-likeness (QED) is 0.830. The van der Waals surface area contributed by atoms with Crippen molar-refractivity contribution in [3.63, 3.8) is 0 Å². The number of carbonyl (C=O) groups is 1. The van der Waals surface area contributed by atoms with Crippen LogP contribution in [0.4, 0.5) is 9.18 Å². The minimum absolute atomic E-state index is 0.153.